The fourth-order valence-corrected chi connectivity index (χ4v) is 3.96. The summed E-state index contributed by atoms with van der Waals surface area (Å²) in [6, 6.07) is 10.2. The molecular formula is C26H25Cl2NO4. The average Bonchev–Trinajstić information content (AvgIpc) is 3.17. The number of aryl methyl sites for hydroxylation is 1. The summed E-state index contributed by atoms with van der Waals surface area (Å²) in [5.74, 6) is 1.19. The van der Waals surface area contributed by atoms with E-state index < -0.39 is 5.97 Å². The van der Waals surface area contributed by atoms with Crippen molar-refractivity contribution >= 4 is 35.0 Å². The van der Waals surface area contributed by atoms with E-state index in [9.17, 15) is 9.59 Å². The zero-order chi connectivity index (χ0) is 24.1. The van der Waals surface area contributed by atoms with Crippen LogP contribution in [-0.2, 0) is 17.6 Å². The molecule has 0 aliphatic rings. The lowest BCUT2D eigenvalue weighted by Crippen LogP contribution is -2.07. The van der Waals surface area contributed by atoms with Crippen LogP contribution in [0.1, 0.15) is 60.5 Å². The van der Waals surface area contributed by atoms with Crippen molar-refractivity contribution in [3.8, 4) is 17.2 Å². The van der Waals surface area contributed by atoms with E-state index in [2.05, 4.69) is 11.6 Å². The van der Waals surface area contributed by atoms with Crippen LogP contribution in [0.3, 0.4) is 0 Å². The highest BCUT2D eigenvalue weighted by Crippen LogP contribution is 2.33. The molecule has 3 aromatic rings. The lowest BCUT2D eigenvalue weighted by molar-refractivity contribution is -0.131. The first-order valence-electron chi connectivity index (χ1n) is 10.6. The van der Waals surface area contributed by atoms with Gasteiger partial charge < -0.3 is 9.15 Å². The van der Waals surface area contributed by atoms with Crippen molar-refractivity contribution in [3.05, 3.63) is 81.7 Å². The molecular weight excluding hydrogens is 461 g/mol. The Kier molecular flexibility index (Phi) is 8.11. The number of carbonyl (C=O) groups is 2. The van der Waals surface area contributed by atoms with E-state index in [-0.39, 0.29) is 18.1 Å². The van der Waals surface area contributed by atoms with Crippen molar-refractivity contribution in [2.75, 3.05) is 0 Å². The Bertz CT molecular complexity index is 1200. The summed E-state index contributed by atoms with van der Waals surface area (Å²) in [5.41, 5.74) is 2.64. The largest absolute Gasteiger partial charge is 0.441 e. The second-order valence-electron chi connectivity index (χ2n) is 7.94. The van der Waals surface area contributed by atoms with Crippen LogP contribution >= 0.6 is 23.2 Å². The Morgan fingerprint density at radius 2 is 1.94 bits per heavy atom. The number of allylic oxidation sites excluding steroid dienone is 1. The number of benzene rings is 2. The number of ketones is 1. The van der Waals surface area contributed by atoms with Crippen molar-refractivity contribution in [2.24, 2.45) is 0 Å². The lowest BCUT2D eigenvalue weighted by atomic mass is 9.99. The molecule has 7 heteroatoms. The monoisotopic (exact) mass is 485 g/mol. The summed E-state index contributed by atoms with van der Waals surface area (Å²) in [6.45, 7) is 9.09. The average molecular weight is 486 g/mol. The molecule has 0 saturated heterocycles. The maximum absolute atomic E-state index is 12.9. The number of esters is 1. The van der Waals surface area contributed by atoms with Gasteiger partial charge in [-0.2, -0.15) is 0 Å². The smallest absolute Gasteiger partial charge is 0.308 e. The Hall–Kier alpha value is -2.89. The highest BCUT2D eigenvalue weighted by molar-refractivity contribution is 6.36. The van der Waals surface area contributed by atoms with E-state index in [4.69, 9.17) is 32.4 Å². The Labute approximate surface area is 203 Å². The number of hydrogen-bond acceptors (Lipinski definition) is 5. The molecule has 0 bridgehead atoms. The summed E-state index contributed by atoms with van der Waals surface area (Å²) < 4.78 is 11.2. The summed E-state index contributed by atoms with van der Waals surface area (Å²) in [7, 11) is 0. The topological polar surface area (TPSA) is 69.4 Å². The number of Topliss-reactive ketones (excluding diaryl/α,β-unsaturated/α-hetero) is 1. The van der Waals surface area contributed by atoms with Crippen molar-refractivity contribution in [1.29, 1.82) is 0 Å². The predicted octanol–water partition coefficient (Wildman–Crippen LogP) is 7.24. The zero-order valence-corrected chi connectivity index (χ0v) is 20.3. The zero-order valence-electron chi connectivity index (χ0n) is 18.8. The molecule has 0 spiro atoms. The Morgan fingerprint density at radius 1 is 1.18 bits per heavy atom. The SMILES string of the molecule is C=CCc1cc(C(=O)CCc2nc(-c3ccc(Cl)cc3Cl)oc2C(C)C)ccc1OC(C)=O. The van der Waals surface area contributed by atoms with Crippen molar-refractivity contribution in [3.63, 3.8) is 0 Å². The number of ether oxygens (including phenoxy) is 1. The van der Waals surface area contributed by atoms with E-state index in [1.54, 1.807) is 42.5 Å². The molecule has 0 atom stereocenters. The number of aromatic nitrogens is 1. The molecule has 0 unspecified atom stereocenters. The minimum atomic E-state index is -0.414. The van der Waals surface area contributed by atoms with Crippen molar-refractivity contribution < 1.29 is 18.7 Å². The quantitative estimate of drug-likeness (QED) is 0.138. The molecule has 172 valence electrons. The number of rotatable bonds is 9. The standard InChI is InChI=1S/C26H25Cl2NO4/c1-5-6-18-13-17(7-12-24(18)32-16(4)30)23(31)11-10-22-25(15(2)3)33-26(29-22)20-9-8-19(27)14-21(20)28/h5,7-9,12-15H,1,6,10-11H2,2-4H3. The molecule has 2 aromatic carbocycles. The third-order valence-electron chi connectivity index (χ3n) is 5.00. The summed E-state index contributed by atoms with van der Waals surface area (Å²) in [4.78, 5) is 28.9. The summed E-state index contributed by atoms with van der Waals surface area (Å²) in [6.07, 6.45) is 2.85. The van der Waals surface area contributed by atoms with E-state index in [1.807, 2.05) is 13.8 Å². The number of hydrogen-bond donors (Lipinski definition) is 0. The summed E-state index contributed by atoms with van der Waals surface area (Å²) in [5, 5.41) is 0.977. The van der Waals surface area contributed by atoms with Gasteiger partial charge in [-0.3, -0.25) is 9.59 Å². The van der Waals surface area contributed by atoms with E-state index in [1.165, 1.54) is 6.92 Å². The van der Waals surface area contributed by atoms with Crippen molar-refractivity contribution in [2.45, 2.75) is 46.0 Å². The molecule has 0 amide bonds. The highest BCUT2D eigenvalue weighted by Gasteiger charge is 2.20. The molecule has 5 nitrogen and oxygen atoms in total. The molecule has 0 N–H and O–H groups in total. The van der Waals surface area contributed by atoms with Crippen LogP contribution in [0.25, 0.3) is 11.5 Å². The van der Waals surface area contributed by atoms with Crippen LogP contribution in [-0.4, -0.2) is 16.7 Å². The molecule has 1 aromatic heterocycles. The molecule has 33 heavy (non-hydrogen) atoms. The fraction of sp³-hybridized carbons (Fsp3) is 0.269. The maximum Gasteiger partial charge on any atom is 0.308 e. The second-order valence-corrected chi connectivity index (χ2v) is 8.78. The van der Waals surface area contributed by atoms with Crippen LogP contribution in [0, 0.1) is 0 Å². The van der Waals surface area contributed by atoms with Crippen molar-refractivity contribution in [1.82, 2.24) is 4.98 Å². The normalized spacial score (nSPS) is 11.0. The van der Waals surface area contributed by atoms with Gasteiger partial charge in [0.1, 0.15) is 11.5 Å². The number of oxazole rings is 1. The lowest BCUT2D eigenvalue weighted by Gasteiger charge is -2.10. The van der Waals surface area contributed by atoms with Crippen LogP contribution < -0.4 is 4.74 Å². The Morgan fingerprint density at radius 3 is 2.58 bits per heavy atom. The minimum absolute atomic E-state index is 0.0431. The molecule has 3 rings (SSSR count). The minimum Gasteiger partial charge on any atom is -0.441 e. The molecule has 1 heterocycles. The van der Waals surface area contributed by atoms with Gasteiger partial charge in [0.15, 0.2) is 5.78 Å². The van der Waals surface area contributed by atoms with Gasteiger partial charge in [0.05, 0.1) is 16.3 Å². The van der Waals surface area contributed by atoms with E-state index in [0.29, 0.717) is 45.7 Å². The highest BCUT2D eigenvalue weighted by atomic mass is 35.5. The molecule has 0 saturated carbocycles. The van der Waals surface area contributed by atoms with Gasteiger partial charge in [-0.25, -0.2) is 4.98 Å². The van der Waals surface area contributed by atoms with E-state index >= 15 is 0 Å². The number of halogens is 2. The first-order chi connectivity index (χ1) is 15.7. The third kappa shape index (κ3) is 6.12. The van der Waals surface area contributed by atoms with Crippen LogP contribution in [0.2, 0.25) is 10.0 Å². The summed E-state index contributed by atoms with van der Waals surface area (Å²) >= 11 is 12.3. The van der Waals surface area contributed by atoms with Crippen LogP contribution in [0.15, 0.2) is 53.5 Å². The van der Waals surface area contributed by atoms with Gasteiger partial charge in [0.2, 0.25) is 5.89 Å². The van der Waals surface area contributed by atoms with Gasteiger partial charge in [0, 0.05) is 36.3 Å². The second kappa shape index (κ2) is 10.8. The Balaban J connectivity index is 1.82. The molecule has 0 aliphatic carbocycles. The van der Waals surface area contributed by atoms with Crippen LogP contribution in [0.5, 0.6) is 5.75 Å². The van der Waals surface area contributed by atoms with Gasteiger partial charge in [-0.15, -0.1) is 6.58 Å². The molecule has 0 aliphatic heterocycles. The molecule has 0 fully saturated rings. The number of carbonyl (C=O) groups excluding carboxylic acids is 2. The predicted molar refractivity (Wildman–Crippen MR) is 130 cm³/mol. The van der Waals surface area contributed by atoms with Gasteiger partial charge in [-0.05, 0) is 48.4 Å². The fourth-order valence-electron chi connectivity index (χ4n) is 3.47. The first kappa shape index (κ1) is 24.7. The van der Waals surface area contributed by atoms with E-state index in [0.717, 1.165) is 17.0 Å². The van der Waals surface area contributed by atoms with Gasteiger partial charge in [-0.1, -0.05) is 43.1 Å². The third-order valence-corrected chi connectivity index (χ3v) is 5.55. The maximum atomic E-state index is 12.9. The first-order valence-corrected chi connectivity index (χ1v) is 11.4. The van der Waals surface area contributed by atoms with Gasteiger partial charge in [0.25, 0.3) is 0 Å². The van der Waals surface area contributed by atoms with Gasteiger partial charge >= 0.3 is 5.97 Å². The van der Waals surface area contributed by atoms with Crippen LogP contribution in [0.4, 0.5) is 0 Å². The molecule has 0 radical (unpaired) electrons. The number of nitrogens with zero attached hydrogens (tertiary/aromatic N) is 1.